The van der Waals surface area contributed by atoms with E-state index >= 15 is 0 Å². The molecule has 1 fully saturated rings. The third-order valence-electron chi connectivity index (χ3n) is 3.49. The van der Waals surface area contributed by atoms with Crippen molar-refractivity contribution in [1.29, 1.82) is 0 Å². The number of carbonyl (C=O) groups is 1. The Morgan fingerprint density at radius 1 is 1.33 bits per heavy atom. The van der Waals surface area contributed by atoms with E-state index in [9.17, 15) is 9.18 Å². The van der Waals surface area contributed by atoms with Gasteiger partial charge in [0.15, 0.2) is 0 Å². The lowest BCUT2D eigenvalue weighted by Crippen LogP contribution is -2.44. The fraction of sp³-hybridized carbons (Fsp3) is 0.500. The van der Waals surface area contributed by atoms with Gasteiger partial charge in [-0.15, -0.1) is 0 Å². The average Bonchev–Trinajstić information content (AvgIpc) is 2.41. The molecule has 1 aromatic rings. The summed E-state index contributed by atoms with van der Waals surface area (Å²) in [5, 5.41) is 0. The van der Waals surface area contributed by atoms with Crippen molar-refractivity contribution >= 4 is 18.2 Å². The minimum Gasteiger partial charge on any atom is -0.301 e. The summed E-state index contributed by atoms with van der Waals surface area (Å²) in [5.41, 5.74) is 0.215. The number of nitrogens with one attached hydrogen (secondary N) is 1. The SMILES string of the molecule is Cc1ccc(SNC2(C=O)CCCCC2)cc1F. The van der Waals surface area contributed by atoms with Crippen LogP contribution in [-0.4, -0.2) is 11.8 Å². The van der Waals surface area contributed by atoms with E-state index in [0.717, 1.165) is 36.9 Å². The molecule has 18 heavy (non-hydrogen) atoms. The van der Waals surface area contributed by atoms with Crippen LogP contribution in [0.15, 0.2) is 23.1 Å². The molecule has 1 aliphatic carbocycles. The van der Waals surface area contributed by atoms with Gasteiger partial charge < -0.3 is 4.79 Å². The van der Waals surface area contributed by atoms with Crippen molar-refractivity contribution in [3.8, 4) is 0 Å². The fourth-order valence-corrected chi connectivity index (χ4v) is 3.10. The zero-order valence-electron chi connectivity index (χ0n) is 10.5. The second-order valence-corrected chi connectivity index (χ2v) is 5.83. The van der Waals surface area contributed by atoms with Crippen LogP contribution >= 0.6 is 11.9 Å². The van der Waals surface area contributed by atoms with Crippen molar-refractivity contribution < 1.29 is 9.18 Å². The molecule has 0 saturated heterocycles. The van der Waals surface area contributed by atoms with Gasteiger partial charge in [-0.25, -0.2) is 9.11 Å². The molecular weight excluding hydrogens is 249 g/mol. The third-order valence-corrected chi connectivity index (χ3v) is 4.49. The smallest absolute Gasteiger partial charge is 0.140 e. The summed E-state index contributed by atoms with van der Waals surface area (Å²) in [7, 11) is 0. The molecule has 1 saturated carbocycles. The highest BCUT2D eigenvalue weighted by molar-refractivity contribution is 7.97. The molecule has 0 aliphatic heterocycles. The monoisotopic (exact) mass is 267 g/mol. The largest absolute Gasteiger partial charge is 0.301 e. The Balaban J connectivity index is 2.00. The first-order valence-corrected chi connectivity index (χ1v) is 7.13. The van der Waals surface area contributed by atoms with E-state index in [2.05, 4.69) is 4.72 Å². The van der Waals surface area contributed by atoms with Gasteiger partial charge in [0.1, 0.15) is 12.1 Å². The summed E-state index contributed by atoms with van der Waals surface area (Å²) in [6.45, 7) is 1.74. The van der Waals surface area contributed by atoms with Gasteiger partial charge in [-0.1, -0.05) is 25.3 Å². The lowest BCUT2D eigenvalue weighted by Gasteiger charge is -2.32. The summed E-state index contributed by atoms with van der Waals surface area (Å²) < 4.78 is 16.6. The van der Waals surface area contributed by atoms with Crippen molar-refractivity contribution in [2.45, 2.75) is 49.5 Å². The molecule has 0 heterocycles. The standard InChI is InChI=1S/C14H18FNOS/c1-11-5-6-12(9-13(11)15)18-16-14(10-17)7-3-2-4-8-14/h5-6,9-10,16H,2-4,7-8H2,1H3. The van der Waals surface area contributed by atoms with Crippen LogP contribution in [0.25, 0.3) is 0 Å². The predicted molar refractivity (Wildman–Crippen MR) is 72.0 cm³/mol. The van der Waals surface area contributed by atoms with Gasteiger partial charge in [-0.2, -0.15) is 0 Å². The summed E-state index contributed by atoms with van der Waals surface area (Å²) in [5.74, 6) is -0.203. The Bertz CT molecular complexity index is 430. The summed E-state index contributed by atoms with van der Waals surface area (Å²) in [4.78, 5) is 12.1. The van der Waals surface area contributed by atoms with Gasteiger partial charge in [0, 0.05) is 4.90 Å². The van der Waals surface area contributed by atoms with E-state index < -0.39 is 5.54 Å². The van der Waals surface area contributed by atoms with E-state index in [1.807, 2.05) is 6.07 Å². The number of hydrogen-bond acceptors (Lipinski definition) is 3. The van der Waals surface area contributed by atoms with Crippen LogP contribution in [0.4, 0.5) is 4.39 Å². The number of aldehydes is 1. The molecule has 0 amide bonds. The maximum Gasteiger partial charge on any atom is 0.140 e. The number of rotatable bonds is 4. The first-order chi connectivity index (χ1) is 8.65. The second-order valence-electron chi connectivity index (χ2n) is 4.95. The molecule has 2 nitrogen and oxygen atoms in total. The minimum absolute atomic E-state index is 0.203. The fourth-order valence-electron chi connectivity index (χ4n) is 2.22. The number of benzene rings is 1. The van der Waals surface area contributed by atoms with Crippen LogP contribution in [0.1, 0.15) is 37.7 Å². The van der Waals surface area contributed by atoms with Crippen LogP contribution in [0.3, 0.4) is 0 Å². The van der Waals surface area contributed by atoms with Crippen molar-refractivity contribution in [1.82, 2.24) is 4.72 Å². The Morgan fingerprint density at radius 3 is 2.67 bits per heavy atom. The molecular formula is C14H18FNOS. The lowest BCUT2D eigenvalue weighted by atomic mass is 9.84. The van der Waals surface area contributed by atoms with Crippen LogP contribution < -0.4 is 4.72 Å². The zero-order chi connectivity index (χ0) is 13.0. The first kappa shape index (κ1) is 13.6. The van der Waals surface area contributed by atoms with Crippen LogP contribution in [-0.2, 0) is 4.79 Å². The van der Waals surface area contributed by atoms with Crippen molar-refractivity contribution in [3.05, 3.63) is 29.6 Å². The van der Waals surface area contributed by atoms with E-state index in [4.69, 9.17) is 0 Å². The summed E-state index contributed by atoms with van der Waals surface area (Å²) in [6.07, 6.45) is 6.11. The van der Waals surface area contributed by atoms with Crippen LogP contribution in [0.2, 0.25) is 0 Å². The molecule has 0 radical (unpaired) electrons. The molecule has 4 heteroatoms. The molecule has 0 spiro atoms. The lowest BCUT2D eigenvalue weighted by molar-refractivity contribution is -0.113. The molecule has 1 aromatic carbocycles. The van der Waals surface area contributed by atoms with E-state index in [-0.39, 0.29) is 5.82 Å². The van der Waals surface area contributed by atoms with Gasteiger partial charge in [0.25, 0.3) is 0 Å². The van der Waals surface area contributed by atoms with E-state index in [1.165, 1.54) is 24.4 Å². The quantitative estimate of drug-likeness (QED) is 0.667. The van der Waals surface area contributed by atoms with Gasteiger partial charge in [-0.3, -0.25) is 0 Å². The molecule has 98 valence electrons. The van der Waals surface area contributed by atoms with Gasteiger partial charge in [-0.05, 0) is 49.4 Å². The maximum absolute atomic E-state index is 13.4. The highest BCUT2D eigenvalue weighted by Crippen LogP contribution is 2.30. The molecule has 1 N–H and O–H groups in total. The highest BCUT2D eigenvalue weighted by Gasteiger charge is 2.31. The van der Waals surface area contributed by atoms with E-state index in [1.54, 1.807) is 13.0 Å². The van der Waals surface area contributed by atoms with Gasteiger partial charge in [0.2, 0.25) is 0 Å². The minimum atomic E-state index is -0.426. The number of aryl methyl sites for hydroxylation is 1. The Kier molecular flexibility index (Phi) is 4.40. The zero-order valence-corrected chi connectivity index (χ0v) is 11.4. The maximum atomic E-state index is 13.4. The molecule has 1 aliphatic rings. The second kappa shape index (κ2) is 5.85. The molecule has 0 aromatic heterocycles. The topological polar surface area (TPSA) is 29.1 Å². The Hall–Kier alpha value is -0.870. The van der Waals surface area contributed by atoms with Gasteiger partial charge >= 0.3 is 0 Å². The molecule has 0 atom stereocenters. The van der Waals surface area contributed by atoms with Crippen LogP contribution in [0, 0.1) is 12.7 Å². The number of hydrogen-bond donors (Lipinski definition) is 1. The molecule has 0 unspecified atom stereocenters. The Morgan fingerprint density at radius 2 is 2.06 bits per heavy atom. The summed E-state index contributed by atoms with van der Waals surface area (Å²) in [6, 6.07) is 5.14. The summed E-state index contributed by atoms with van der Waals surface area (Å²) >= 11 is 1.35. The van der Waals surface area contributed by atoms with Crippen LogP contribution in [0.5, 0.6) is 0 Å². The van der Waals surface area contributed by atoms with Crippen molar-refractivity contribution in [3.63, 3.8) is 0 Å². The number of carbonyl (C=O) groups excluding carboxylic acids is 1. The Labute approximate surface area is 111 Å². The van der Waals surface area contributed by atoms with Crippen molar-refractivity contribution in [2.24, 2.45) is 0 Å². The van der Waals surface area contributed by atoms with Crippen molar-refractivity contribution in [2.75, 3.05) is 0 Å². The predicted octanol–water partition coefficient (Wildman–Crippen LogP) is 3.63. The third kappa shape index (κ3) is 3.12. The average molecular weight is 267 g/mol. The van der Waals surface area contributed by atoms with E-state index in [0.29, 0.717) is 5.56 Å². The molecule has 0 bridgehead atoms. The number of halogens is 1. The first-order valence-electron chi connectivity index (χ1n) is 6.32. The highest BCUT2D eigenvalue weighted by atomic mass is 32.2. The normalized spacial score (nSPS) is 18.6. The van der Waals surface area contributed by atoms with Gasteiger partial charge in [0.05, 0.1) is 5.54 Å². The molecule has 2 rings (SSSR count).